The molecule has 4 rings (SSSR count). The van der Waals surface area contributed by atoms with Gasteiger partial charge in [-0.25, -0.2) is 14.7 Å². The van der Waals surface area contributed by atoms with E-state index in [0.717, 1.165) is 18.5 Å². The van der Waals surface area contributed by atoms with Crippen molar-refractivity contribution in [1.82, 2.24) is 14.7 Å². The van der Waals surface area contributed by atoms with Crippen LogP contribution in [0.4, 0.5) is 11.6 Å². The van der Waals surface area contributed by atoms with E-state index in [1.165, 1.54) is 6.07 Å². The molecular formula is C27H33N5O5S. The van der Waals surface area contributed by atoms with Gasteiger partial charge in [0.25, 0.3) is 15.9 Å². The predicted octanol–water partition coefficient (Wildman–Crippen LogP) is 3.85. The first-order valence-corrected chi connectivity index (χ1v) is 13.7. The number of aromatic nitrogens is 2. The van der Waals surface area contributed by atoms with Crippen molar-refractivity contribution in [3.05, 3.63) is 65.9 Å². The molecule has 0 radical (unpaired) electrons. The largest absolute Gasteiger partial charge is 0.497 e. The molecular weight excluding hydrogens is 506 g/mol. The van der Waals surface area contributed by atoms with Gasteiger partial charge < -0.3 is 19.7 Å². The molecule has 2 aromatic heterocycles. The zero-order valence-corrected chi connectivity index (χ0v) is 23.0. The van der Waals surface area contributed by atoms with E-state index in [1.54, 1.807) is 56.8 Å². The second-order valence-electron chi connectivity index (χ2n) is 9.93. The van der Waals surface area contributed by atoms with Gasteiger partial charge in [0.15, 0.2) is 5.03 Å². The molecule has 1 aromatic carbocycles. The maximum absolute atomic E-state index is 13.2. The van der Waals surface area contributed by atoms with Gasteiger partial charge in [0.05, 0.1) is 19.8 Å². The standard InChI is InChI=1S/C27H33N5O5S/c1-18-15-27(2,3)32(17-18)25-21(8-7-13-28-25)26(33)31-38(34,35)24-10-6-9-23(30-24)29-16-19-14-20(36-4)11-12-22(19)37-5/h6-14,18H,15-17H2,1-5H3,(H,29,30)(H,31,33). The molecule has 11 heteroatoms. The summed E-state index contributed by atoms with van der Waals surface area (Å²) in [4.78, 5) is 23.9. The van der Waals surface area contributed by atoms with Crippen molar-refractivity contribution in [1.29, 1.82) is 0 Å². The van der Waals surface area contributed by atoms with Gasteiger partial charge in [-0.05, 0) is 68.7 Å². The fraction of sp³-hybridized carbons (Fsp3) is 0.370. The highest BCUT2D eigenvalue weighted by atomic mass is 32.2. The third kappa shape index (κ3) is 5.83. The Labute approximate surface area is 223 Å². The first-order valence-electron chi connectivity index (χ1n) is 12.3. The summed E-state index contributed by atoms with van der Waals surface area (Å²) in [5, 5.41) is 2.82. The molecule has 1 amide bonds. The predicted molar refractivity (Wildman–Crippen MR) is 145 cm³/mol. The smallest absolute Gasteiger partial charge is 0.281 e. The van der Waals surface area contributed by atoms with Crippen molar-refractivity contribution < 1.29 is 22.7 Å². The number of ether oxygens (including phenoxy) is 2. The molecule has 3 aromatic rings. The Bertz CT molecular complexity index is 1430. The molecule has 38 heavy (non-hydrogen) atoms. The maximum Gasteiger partial charge on any atom is 0.281 e. The Balaban J connectivity index is 1.52. The average molecular weight is 540 g/mol. The molecule has 10 nitrogen and oxygen atoms in total. The van der Waals surface area contributed by atoms with E-state index in [4.69, 9.17) is 9.47 Å². The Morgan fingerprint density at radius 1 is 1.13 bits per heavy atom. The van der Waals surface area contributed by atoms with Gasteiger partial charge in [-0.15, -0.1) is 0 Å². The molecule has 1 aliphatic rings. The lowest BCUT2D eigenvalue weighted by Crippen LogP contribution is -2.41. The summed E-state index contributed by atoms with van der Waals surface area (Å²) in [7, 11) is -1.12. The fourth-order valence-electron chi connectivity index (χ4n) is 4.85. The molecule has 202 valence electrons. The molecule has 0 spiro atoms. The van der Waals surface area contributed by atoms with E-state index < -0.39 is 15.9 Å². The van der Waals surface area contributed by atoms with Crippen LogP contribution in [-0.4, -0.2) is 50.6 Å². The lowest BCUT2D eigenvalue weighted by atomic mass is 9.97. The molecule has 1 fully saturated rings. The van der Waals surface area contributed by atoms with Crippen LogP contribution in [0.25, 0.3) is 0 Å². The van der Waals surface area contributed by atoms with Crippen molar-refractivity contribution in [3.63, 3.8) is 0 Å². The summed E-state index contributed by atoms with van der Waals surface area (Å²) in [5.41, 5.74) is 0.783. The normalized spacial score (nSPS) is 16.7. The van der Waals surface area contributed by atoms with Crippen LogP contribution < -0.4 is 24.4 Å². The van der Waals surface area contributed by atoms with Crippen molar-refractivity contribution >= 4 is 27.6 Å². The van der Waals surface area contributed by atoms with E-state index in [-0.39, 0.29) is 16.1 Å². The minimum atomic E-state index is -4.26. The molecule has 1 aliphatic heterocycles. The fourth-order valence-corrected chi connectivity index (χ4v) is 5.78. The Morgan fingerprint density at radius 3 is 2.61 bits per heavy atom. The van der Waals surface area contributed by atoms with Gasteiger partial charge in [-0.3, -0.25) is 4.79 Å². The van der Waals surface area contributed by atoms with Crippen molar-refractivity contribution in [3.8, 4) is 11.5 Å². The maximum atomic E-state index is 13.2. The van der Waals surface area contributed by atoms with Gasteiger partial charge in [0.2, 0.25) is 0 Å². The molecule has 0 aliphatic carbocycles. The van der Waals surface area contributed by atoms with Crippen LogP contribution in [0.5, 0.6) is 11.5 Å². The van der Waals surface area contributed by atoms with E-state index in [0.29, 0.717) is 35.6 Å². The zero-order chi connectivity index (χ0) is 27.5. The molecule has 2 N–H and O–H groups in total. The van der Waals surface area contributed by atoms with E-state index in [1.807, 2.05) is 6.07 Å². The first-order chi connectivity index (χ1) is 18.0. The first kappa shape index (κ1) is 27.2. The number of rotatable bonds is 9. The van der Waals surface area contributed by atoms with E-state index in [2.05, 4.69) is 45.7 Å². The number of methoxy groups -OCH3 is 2. The minimum Gasteiger partial charge on any atom is -0.497 e. The Morgan fingerprint density at radius 2 is 1.92 bits per heavy atom. The highest BCUT2D eigenvalue weighted by Gasteiger charge is 2.39. The lowest BCUT2D eigenvalue weighted by Gasteiger charge is -2.33. The number of nitrogens with one attached hydrogen (secondary N) is 2. The summed E-state index contributed by atoms with van der Waals surface area (Å²) in [5.74, 6) is 1.76. The van der Waals surface area contributed by atoms with Gasteiger partial charge >= 0.3 is 0 Å². The van der Waals surface area contributed by atoms with Gasteiger partial charge in [0.1, 0.15) is 23.1 Å². The van der Waals surface area contributed by atoms with Gasteiger partial charge in [0, 0.05) is 30.4 Å². The van der Waals surface area contributed by atoms with Crippen LogP contribution in [0.2, 0.25) is 0 Å². The number of hydrogen-bond donors (Lipinski definition) is 2. The summed E-state index contributed by atoms with van der Waals surface area (Å²) in [6.45, 7) is 7.36. The monoisotopic (exact) mass is 539 g/mol. The number of carbonyl (C=O) groups is 1. The number of amides is 1. The second-order valence-corrected chi connectivity index (χ2v) is 11.6. The summed E-state index contributed by atoms with van der Waals surface area (Å²) < 4.78 is 39.1. The molecule has 0 saturated carbocycles. The van der Waals surface area contributed by atoms with Crippen LogP contribution >= 0.6 is 0 Å². The number of carbonyl (C=O) groups excluding carboxylic acids is 1. The number of nitrogens with zero attached hydrogens (tertiary/aromatic N) is 3. The van der Waals surface area contributed by atoms with Gasteiger partial charge in [-0.1, -0.05) is 13.0 Å². The number of sulfonamides is 1. The van der Waals surface area contributed by atoms with Crippen molar-refractivity contribution in [2.75, 3.05) is 31.0 Å². The molecule has 3 heterocycles. The number of pyridine rings is 2. The number of anilines is 2. The van der Waals surface area contributed by atoms with Crippen LogP contribution in [0, 0.1) is 5.92 Å². The van der Waals surface area contributed by atoms with Crippen LogP contribution in [0.1, 0.15) is 43.1 Å². The highest BCUT2D eigenvalue weighted by molar-refractivity contribution is 7.90. The number of hydrogen-bond acceptors (Lipinski definition) is 9. The minimum absolute atomic E-state index is 0.192. The van der Waals surface area contributed by atoms with Gasteiger partial charge in [-0.2, -0.15) is 8.42 Å². The zero-order valence-electron chi connectivity index (χ0n) is 22.2. The SMILES string of the molecule is COc1ccc(OC)c(CNc2cccc(S(=O)(=O)NC(=O)c3cccnc3N3CC(C)CC3(C)C)n2)c1. The highest BCUT2D eigenvalue weighted by Crippen LogP contribution is 2.37. The summed E-state index contributed by atoms with van der Waals surface area (Å²) in [6, 6.07) is 13.1. The van der Waals surface area contributed by atoms with E-state index in [9.17, 15) is 13.2 Å². The molecule has 0 bridgehead atoms. The second kappa shape index (κ2) is 10.9. The quantitative estimate of drug-likeness (QED) is 0.417. The Kier molecular flexibility index (Phi) is 7.77. The number of benzene rings is 1. The van der Waals surface area contributed by atoms with Crippen molar-refractivity contribution in [2.45, 2.75) is 44.3 Å². The topological polar surface area (TPSA) is 123 Å². The van der Waals surface area contributed by atoms with Crippen molar-refractivity contribution in [2.24, 2.45) is 5.92 Å². The lowest BCUT2D eigenvalue weighted by molar-refractivity contribution is 0.0981. The third-order valence-electron chi connectivity index (χ3n) is 6.53. The molecule has 1 unspecified atom stereocenters. The Hall–Kier alpha value is -3.86. The molecule has 1 atom stereocenters. The summed E-state index contributed by atoms with van der Waals surface area (Å²) in [6.07, 6.45) is 2.54. The van der Waals surface area contributed by atoms with Crippen LogP contribution in [0.3, 0.4) is 0 Å². The van der Waals surface area contributed by atoms with Crippen LogP contribution in [-0.2, 0) is 16.6 Å². The van der Waals surface area contributed by atoms with Crippen LogP contribution in [0.15, 0.2) is 59.8 Å². The third-order valence-corrected chi connectivity index (χ3v) is 7.77. The molecule has 1 saturated heterocycles. The van der Waals surface area contributed by atoms with E-state index >= 15 is 0 Å². The summed E-state index contributed by atoms with van der Waals surface area (Å²) >= 11 is 0. The average Bonchev–Trinajstić information content (AvgIpc) is 3.18.